The predicted molar refractivity (Wildman–Crippen MR) is 121 cm³/mol. The maximum absolute atomic E-state index is 13.1. The Hall–Kier alpha value is -3.09. The van der Waals surface area contributed by atoms with Crippen molar-refractivity contribution in [3.63, 3.8) is 0 Å². The molecule has 4 rings (SSSR count). The molecule has 7 nitrogen and oxygen atoms in total. The van der Waals surface area contributed by atoms with E-state index in [-0.39, 0.29) is 24.1 Å². The highest BCUT2D eigenvalue weighted by Crippen LogP contribution is 2.26. The van der Waals surface area contributed by atoms with E-state index in [1.807, 2.05) is 30.0 Å². The van der Waals surface area contributed by atoms with E-state index >= 15 is 0 Å². The summed E-state index contributed by atoms with van der Waals surface area (Å²) >= 11 is 0. The Kier molecular flexibility index (Phi) is 6.35. The molecule has 2 fully saturated rings. The number of carbonyl (C=O) groups is 3. The van der Waals surface area contributed by atoms with Crippen LogP contribution in [0.2, 0.25) is 0 Å². The first kappa shape index (κ1) is 22.1. The van der Waals surface area contributed by atoms with Gasteiger partial charge in [-0.2, -0.15) is 0 Å². The van der Waals surface area contributed by atoms with Gasteiger partial charge in [0, 0.05) is 37.3 Å². The summed E-state index contributed by atoms with van der Waals surface area (Å²) in [6.07, 6.45) is 2.88. The molecule has 170 valence electrons. The molecule has 7 heteroatoms. The van der Waals surface area contributed by atoms with Gasteiger partial charge >= 0.3 is 0 Å². The van der Waals surface area contributed by atoms with Crippen LogP contribution in [-0.4, -0.2) is 47.2 Å². The molecule has 0 radical (unpaired) electrons. The van der Waals surface area contributed by atoms with Crippen molar-refractivity contribution in [2.24, 2.45) is 17.8 Å². The molecule has 3 amide bonds. The number of likely N-dealkylation sites (tertiary alicyclic amines) is 2. The van der Waals surface area contributed by atoms with E-state index in [1.54, 1.807) is 23.3 Å². The second-order valence-electron chi connectivity index (χ2n) is 9.43. The predicted octanol–water partition coefficient (Wildman–Crippen LogP) is 3.69. The van der Waals surface area contributed by atoms with Gasteiger partial charge in [-0.05, 0) is 55.0 Å². The second kappa shape index (κ2) is 9.18. The quantitative estimate of drug-likeness (QED) is 0.773. The van der Waals surface area contributed by atoms with Crippen LogP contribution in [0.25, 0.3) is 0 Å². The second-order valence-corrected chi connectivity index (χ2v) is 9.43. The highest BCUT2D eigenvalue weighted by molar-refractivity contribution is 6.00. The lowest BCUT2D eigenvalue weighted by Gasteiger charge is -2.35. The maximum Gasteiger partial charge on any atom is 0.253 e. The van der Waals surface area contributed by atoms with Crippen LogP contribution in [0.4, 0.5) is 5.69 Å². The van der Waals surface area contributed by atoms with E-state index < -0.39 is 5.92 Å². The lowest BCUT2D eigenvalue weighted by atomic mass is 9.91. The first-order chi connectivity index (χ1) is 15.3. The van der Waals surface area contributed by atoms with Gasteiger partial charge in [0.2, 0.25) is 11.8 Å². The summed E-state index contributed by atoms with van der Waals surface area (Å²) in [7, 11) is 0. The van der Waals surface area contributed by atoms with E-state index in [0.717, 1.165) is 25.1 Å². The van der Waals surface area contributed by atoms with Crippen LogP contribution in [0.3, 0.4) is 0 Å². The van der Waals surface area contributed by atoms with Crippen molar-refractivity contribution in [3.8, 4) is 0 Å². The molecule has 32 heavy (non-hydrogen) atoms. The lowest BCUT2D eigenvalue weighted by Crippen LogP contribution is -2.42. The van der Waals surface area contributed by atoms with Crippen LogP contribution in [0, 0.1) is 24.7 Å². The zero-order valence-electron chi connectivity index (χ0n) is 19.0. The van der Waals surface area contributed by atoms with Gasteiger partial charge in [0.15, 0.2) is 0 Å². The van der Waals surface area contributed by atoms with Gasteiger partial charge in [-0.15, -0.1) is 0 Å². The summed E-state index contributed by atoms with van der Waals surface area (Å²) in [6.45, 7) is 8.49. The standard InChI is InChI=1S/C25H31N3O4/c1-16-9-17(2)13-28(12-16)25(31)19-7-6-18(3)22(10-19)26-24(30)20-11-23(29)27(14-20)15-21-5-4-8-32-21/h4-8,10,16-17,20H,9,11-15H2,1-3H3,(H,26,30). The monoisotopic (exact) mass is 437 g/mol. The Morgan fingerprint density at radius 3 is 2.56 bits per heavy atom. The zero-order valence-corrected chi connectivity index (χ0v) is 19.0. The van der Waals surface area contributed by atoms with Gasteiger partial charge in [0.1, 0.15) is 5.76 Å². The Bertz CT molecular complexity index is 991. The fraction of sp³-hybridized carbons (Fsp3) is 0.480. The van der Waals surface area contributed by atoms with Gasteiger partial charge in [0.05, 0.1) is 18.7 Å². The third-order valence-electron chi connectivity index (χ3n) is 6.41. The van der Waals surface area contributed by atoms with Crippen LogP contribution in [0.15, 0.2) is 41.0 Å². The minimum absolute atomic E-state index is 0.000402. The van der Waals surface area contributed by atoms with Gasteiger partial charge in [0.25, 0.3) is 5.91 Å². The summed E-state index contributed by atoms with van der Waals surface area (Å²) in [5.74, 6) is 0.971. The van der Waals surface area contributed by atoms with Gasteiger partial charge in [-0.1, -0.05) is 19.9 Å². The number of aryl methyl sites for hydroxylation is 1. The summed E-state index contributed by atoms with van der Waals surface area (Å²) in [5, 5.41) is 2.96. The number of carbonyl (C=O) groups excluding carboxylic acids is 3. The third kappa shape index (κ3) is 4.87. The zero-order chi connectivity index (χ0) is 22.8. The Morgan fingerprint density at radius 1 is 1.12 bits per heavy atom. The van der Waals surface area contributed by atoms with Crippen LogP contribution >= 0.6 is 0 Å². The SMILES string of the molecule is Cc1ccc(C(=O)N2CC(C)CC(C)C2)cc1NC(=O)C1CC(=O)N(Cc2ccco2)C1. The normalized spacial score (nSPS) is 23.5. The number of piperidine rings is 1. The fourth-order valence-corrected chi connectivity index (χ4v) is 4.83. The molecule has 3 unspecified atom stereocenters. The number of rotatable bonds is 5. The lowest BCUT2D eigenvalue weighted by molar-refractivity contribution is -0.128. The Balaban J connectivity index is 1.42. The number of hydrogen-bond acceptors (Lipinski definition) is 4. The van der Waals surface area contributed by atoms with Crippen molar-refractivity contribution >= 4 is 23.4 Å². The van der Waals surface area contributed by atoms with Crippen molar-refractivity contribution in [2.45, 2.75) is 40.2 Å². The van der Waals surface area contributed by atoms with Crippen LogP contribution in [0.5, 0.6) is 0 Å². The van der Waals surface area contributed by atoms with Crippen LogP contribution in [0.1, 0.15) is 48.4 Å². The van der Waals surface area contributed by atoms with Crippen LogP contribution in [-0.2, 0) is 16.1 Å². The molecular formula is C25H31N3O4. The molecule has 2 saturated heterocycles. The summed E-state index contributed by atoms with van der Waals surface area (Å²) in [4.78, 5) is 41.9. The summed E-state index contributed by atoms with van der Waals surface area (Å²) in [5.41, 5.74) is 2.08. The minimum atomic E-state index is -0.431. The van der Waals surface area contributed by atoms with E-state index in [2.05, 4.69) is 19.2 Å². The summed E-state index contributed by atoms with van der Waals surface area (Å²) < 4.78 is 5.32. The summed E-state index contributed by atoms with van der Waals surface area (Å²) in [6, 6.07) is 9.04. The highest BCUT2D eigenvalue weighted by atomic mass is 16.3. The van der Waals surface area contributed by atoms with Gasteiger partial charge < -0.3 is 19.5 Å². The average Bonchev–Trinajstić information content (AvgIpc) is 3.38. The van der Waals surface area contributed by atoms with Crippen molar-refractivity contribution in [1.82, 2.24) is 9.80 Å². The number of nitrogens with one attached hydrogen (secondary N) is 1. The number of furan rings is 1. The first-order valence-electron chi connectivity index (χ1n) is 11.3. The Morgan fingerprint density at radius 2 is 1.88 bits per heavy atom. The first-order valence-corrected chi connectivity index (χ1v) is 11.3. The number of nitrogens with zero attached hydrogens (tertiary/aromatic N) is 2. The third-order valence-corrected chi connectivity index (χ3v) is 6.41. The molecule has 1 aromatic heterocycles. The number of amides is 3. The van der Waals surface area contributed by atoms with E-state index in [0.29, 0.717) is 41.9 Å². The molecule has 3 heterocycles. The molecule has 2 aromatic rings. The Labute approximate surface area is 188 Å². The minimum Gasteiger partial charge on any atom is -0.467 e. The molecule has 1 aromatic carbocycles. The molecule has 0 spiro atoms. The molecule has 3 atom stereocenters. The van der Waals surface area contributed by atoms with E-state index in [1.165, 1.54) is 0 Å². The molecule has 0 aliphatic carbocycles. The molecule has 0 saturated carbocycles. The van der Waals surface area contributed by atoms with E-state index in [4.69, 9.17) is 4.42 Å². The van der Waals surface area contributed by atoms with Crippen molar-refractivity contribution < 1.29 is 18.8 Å². The molecule has 2 aliphatic heterocycles. The van der Waals surface area contributed by atoms with Crippen molar-refractivity contribution in [3.05, 3.63) is 53.5 Å². The van der Waals surface area contributed by atoms with Crippen molar-refractivity contribution in [1.29, 1.82) is 0 Å². The highest BCUT2D eigenvalue weighted by Gasteiger charge is 2.35. The van der Waals surface area contributed by atoms with Gasteiger partial charge in [-0.3, -0.25) is 14.4 Å². The van der Waals surface area contributed by atoms with Crippen molar-refractivity contribution in [2.75, 3.05) is 25.0 Å². The number of hydrogen-bond donors (Lipinski definition) is 1. The van der Waals surface area contributed by atoms with E-state index in [9.17, 15) is 14.4 Å². The smallest absolute Gasteiger partial charge is 0.253 e. The molecular weight excluding hydrogens is 406 g/mol. The van der Waals surface area contributed by atoms with Crippen LogP contribution < -0.4 is 5.32 Å². The molecule has 2 aliphatic rings. The fourth-order valence-electron chi connectivity index (χ4n) is 4.83. The average molecular weight is 438 g/mol. The largest absolute Gasteiger partial charge is 0.467 e. The topological polar surface area (TPSA) is 82.9 Å². The molecule has 0 bridgehead atoms. The maximum atomic E-state index is 13.1. The molecule has 1 N–H and O–H groups in total. The number of anilines is 1. The number of benzene rings is 1. The van der Waals surface area contributed by atoms with Gasteiger partial charge in [-0.25, -0.2) is 0 Å².